The summed E-state index contributed by atoms with van der Waals surface area (Å²) < 4.78 is 12.9. The number of nitrogens with zero attached hydrogens (tertiary/aromatic N) is 1. The number of rotatable bonds is 3. The Morgan fingerprint density at radius 3 is 2.69 bits per heavy atom. The predicted octanol–water partition coefficient (Wildman–Crippen LogP) is 2.06. The molecule has 0 bridgehead atoms. The topological polar surface area (TPSA) is 46.3 Å². The number of carbonyl (C=O) groups is 1. The van der Waals surface area contributed by atoms with Crippen molar-refractivity contribution in [3.8, 4) is 0 Å². The first-order valence-corrected chi connectivity index (χ1v) is 4.86. The number of likely N-dealkylation sites (N-methyl/N-ethyl adjacent to an activating group) is 1. The molecule has 1 aromatic carbocycles. The highest BCUT2D eigenvalue weighted by molar-refractivity contribution is 5.95. The first kappa shape index (κ1) is 12.2. The van der Waals surface area contributed by atoms with Crippen molar-refractivity contribution < 1.29 is 9.18 Å². The van der Waals surface area contributed by atoms with Gasteiger partial charge in [0.15, 0.2) is 0 Å². The second-order valence-electron chi connectivity index (χ2n) is 3.85. The minimum absolute atomic E-state index is 0.0189. The lowest BCUT2D eigenvalue weighted by molar-refractivity contribution is 0.0807. The maximum absolute atomic E-state index is 12.9. The first-order chi connectivity index (χ1) is 7.41. The van der Waals surface area contributed by atoms with Crippen LogP contribution in [0.4, 0.5) is 10.1 Å². The van der Waals surface area contributed by atoms with Gasteiger partial charge in [0.2, 0.25) is 0 Å². The Morgan fingerprint density at radius 2 is 2.19 bits per heavy atom. The molecule has 3 nitrogen and oxygen atoms in total. The van der Waals surface area contributed by atoms with Crippen LogP contribution in [0.5, 0.6) is 0 Å². The molecule has 4 heteroatoms. The van der Waals surface area contributed by atoms with E-state index in [0.717, 1.165) is 5.57 Å². The minimum atomic E-state index is -0.515. The van der Waals surface area contributed by atoms with E-state index in [-0.39, 0.29) is 11.6 Å². The van der Waals surface area contributed by atoms with Gasteiger partial charge >= 0.3 is 0 Å². The Balaban J connectivity index is 2.88. The number of benzene rings is 1. The Morgan fingerprint density at radius 1 is 1.56 bits per heavy atom. The fourth-order valence-corrected chi connectivity index (χ4v) is 1.37. The summed E-state index contributed by atoms with van der Waals surface area (Å²) in [5, 5.41) is 0. The smallest absolute Gasteiger partial charge is 0.253 e. The van der Waals surface area contributed by atoms with E-state index in [4.69, 9.17) is 5.73 Å². The van der Waals surface area contributed by atoms with Crippen molar-refractivity contribution in [2.24, 2.45) is 0 Å². The average molecular weight is 222 g/mol. The van der Waals surface area contributed by atoms with Gasteiger partial charge in [-0.25, -0.2) is 4.39 Å². The number of amides is 1. The summed E-state index contributed by atoms with van der Waals surface area (Å²) in [7, 11) is 1.66. The number of nitrogens with two attached hydrogens (primary N) is 1. The molecule has 0 aliphatic carbocycles. The summed E-state index contributed by atoms with van der Waals surface area (Å²) in [6.45, 7) is 6.03. The van der Waals surface area contributed by atoms with Gasteiger partial charge < -0.3 is 10.6 Å². The van der Waals surface area contributed by atoms with Gasteiger partial charge in [0.05, 0.1) is 5.69 Å². The van der Waals surface area contributed by atoms with Crippen molar-refractivity contribution in [1.82, 2.24) is 4.90 Å². The molecular formula is C12H15FN2O. The SMILES string of the molecule is C=C(C)CN(C)C(=O)c1ccc(F)c(N)c1. The summed E-state index contributed by atoms with van der Waals surface area (Å²) in [5.41, 5.74) is 6.64. The first-order valence-electron chi connectivity index (χ1n) is 4.86. The molecule has 0 saturated heterocycles. The quantitative estimate of drug-likeness (QED) is 0.628. The molecule has 0 aliphatic rings. The van der Waals surface area contributed by atoms with Gasteiger partial charge in [0, 0.05) is 19.2 Å². The molecule has 0 fully saturated rings. The zero-order chi connectivity index (χ0) is 12.3. The van der Waals surface area contributed by atoms with Crippen LogP contribution in [0.1, 0.15) is 17.3 Å². The zero-order valence-electron chi connectivity index (χ0n) is 9.46. The van der Waals surface area contributed by atoms with Crippen molar-refractivity contribution in [1.29, 1.82) is 0 Å². The third kappa shape index (κ3) is 2.82. The van der Waals surface area contributed by atoms with E-state index in [2.05, 4.69) is 6.58 Å². The molecule has 0 unspecified atom stereocenters. The molecule has 0 aliphatic heterocycles. The van der Waals surface area contributed by atoms with Crippen LogP contribution in [0, 0.1) is 5.82 Å². The lowest BCUT2D eigenvalue weighted by Gasteiger charge is -2.17. The molecule has 0 saturated carbocycles. The highest BCUT2D eigenvalue weighted by atomic mass is 19.1. The summed E-state index contributed by atoms with van der Waals surface area (Å²) in [6.07, 6.45) is 0. The number of hydrogen-bond acceptors (Lipinski definition) is 2. The summed E-state index contributed by atoms with van der Waals surface area (Å²) >= 11 is 0. The number of carbonyl (C=O) groups excluding carboxylic acids is 1. The van der Waals surface area contributed by atoms with E-state index in [0.29, 0.717) is 12.1 Å². The summed E-state index contributed by atoms with van der Waals surface area (Å²) in [6, 6.07) is 3.95. The number of hydrogen-bond donors (Lipinski definition) is 1. The Labute approximate surface area is 94.4 Å². The van der Waals surface area contributed by atoms with Gasteiger partial charge in [-0.05, 0) is 25.1 Å². The van der Waals surface area contributed by atoms with Crippen molar-refractivity contribution in [2.45, 2.75) is 6.92 Å². The van der Waals surface area contributed by atoms with Gasteiger partial charge in [-0.2, -0.15) is 0 Å². The van der Waals surface area contributed by atoms with Crippen molar-refractivity contribution in [3.63, 3.8) is 0 Å². The van der Waals surface area contributed by atoms with Crippen LogP contribution in [0.3, 0.4) is 0 Å². The normalized spacial score (nSPS) is 9.94. The van der Waals surface area contributed by atoms with Crippen molar-refractivity contribution in [3.05, 3.63) is 41.7 Å². The number of anilines is 1. The molecule has 0 aromatic heterocycles. The molecule has 86 valence electrons. The highest BCUT2D eigenvalue weighted by Crippen LogP contribution is 2.13. The molecule has 0 atom stereocenters. The van der Waals surface area contributed by atoms with E-state index in [1.54, 1.807) is 7.05 Å². The minimum Gasteiger partial charge on any atom is -0.396 e. The fourth-order valence-electron chi connectivity index (χ4n) is 1.37. The molecule has 1 rings (SSSR count). The molecule has 1 amide bonds. The standard InChI is InChI=1S/C12H15FN2O/c1-8(2)7-15(3)12(16)9-4-5-10(13)11(14)6-9/h4-6H,1,7,14H2,2-3H3. The van der Waals surface area contributed by atoms with Gasteiger partial charge in [-0.15, -0.1) is 0 Å². The molecule has 0 spiro atoms. The Hall–Kier alpha value is -1.84. The molecule has 2 N–H and O–H groups in total. The van der Waals surface area contributed by atoms with E-state index >= 15 is 0 Å². The van der Waals surface area contributed by atoms with Crippen LogP contribution in [0.25, 0.3) is 0 Å². The highest BCUT2D eigenvalue weighted by Gasteiger charge is 2.12. The fraction of sp³-hybridized carbons (Fsp3) is 0.250. The maximum Gasteiger partial charge on any atom is 0.253 e. The Kier molecular flexibility index (Phi) is 3.66. The van der Waals surface area contributed by atoms with Crippen molar-refractivity contribution >= 4 is 11.6 Å². The van der Waals surface area contributed by atoms with Gasteiger partial charge in [-0.1, -0.05) is 12.2 Å². The second kappa shape index (κ2) is 4.79. The largest absolute Gasteiger partial charge is 0.396 e. The lowest BCUT2D eigenvalue weighted by atomic mass is 10.1. The zero-order valence-corrected chi connectivity index (χ0v) is 9.46. The molecule has 0 radical (unpaired) electrons. The number of halogens is 1. The van der Waals surface area contributed by atoms with Crippen LogP contribution in [0.15, 0.2) is 30.4 Å². The van der Waals surface area contributed by atoms with Crippen LogP contribution in [0.2, 0.25) is 0 Å². The van der Waals surface area contributed by atoms with Crippen LogP contribution in [-0.2, 0) is 0 Å². The third-order valence-corrected chi connectivity index (χ3v) is 2.10. The van der Waals surface area contributed by atoms with E-state index in [1.807, 2.05) is 6.92 Å². The van der Waals surface area contributed by atoms with Crippen molar-refractivity contribution in [2.75, 3.05) is 19.3 Å². The summed E-state index contributed by atoms with van der Waals surface area (Å²) in [5.74, 6) is -0.714. The number of nitrogen functional groups attached to an aromatic ring is 1. The Bertz CT molecular complexity index is 429. The van der Waals surface area contributed by atoms with Crippen LogP contribution >= 0.6 is 0 Å². The predicted molar refractivity (Wildman–Crippen MR) is 62.6 cm³/mol. The van der Waals surface area contributed by atoms with Gasteiger partial charge in [0.25, 0.3) is 5.91 Å². The van der Waals surface area contributed by atoms with Crippen LogP contribution < -0.4 is 5.73 Å². The monoisotopic (exact) mass is 222 g/mol. The third-order valence-electron chi connectivity index (χ3n) is 2.10. The second-order valence-corrected chi connectivity index (χ2v) is 3.85. The lowest BCUT2D eigenvalue weighted by Crippen LogP contribution is -2.28. The molecule has 0 heterocycles. The maximum atomic E-state index is 12.9. The van der Waals surface area contributed by atoms with E-state index in [9.17, 15) is 9.18 Å². The van der Waals surface area contributed by atoms with Gasteiger partial charge in [-0.3, -0.25) is 4.79 Å². The summed E-state index contributed by atoms with van der Waals surface area (Å²) in [4.78, 5) is 13.4. The van der Waals surface area contributed by atoms with Crippen LogP contribution in [-0.4, -0.2) is 24.4 Å². The van der Waals surface area contributed by atoms with E-state index < -0.39 is 5.82 Å². The molecule has 16 heavy (non-hydrogen) atoms. The molecule has 1 aromatic rings. The van der Waals surface area contributed by atoms with E-state index in [1.165, 1.54) is 23.1 Å². The average Bonchev–Trinajstić information content (AvgIpc) is 2.20. The van der Waals surface area contributed by atoms with Gasteiger partial charge in [0.1, 0.15) is 5.82 Å². The molecular weight excluding hydrogens is 207 g/mol.